The fourth-order valence-corrected chi connectivity index (χ4v) is 2.68. The molecule has 19 heavy (non-hydrogen) atoms. The Morgan fingerprint density at radius 3 is 1.89 bits per heavy atom. The second-order valence-corrected chi connectivity index (χ2v) is 5.90. The van der Waals surface area contributed by atoms with Gasteiger partial charge in [0.05, 0.1) is 0 Å². The van der Waals surface area contributed by atoms with Crippen LogP contribution in [0.25, 0.3) is 0 Å². The SMILES string of the molecule is CC(C)C(Cl)C(Cc1ccccc1)c1ccccc1. The lowest BCUT2D eigenvalue weighted by atomic mass is 9.85. The van der Waals surface area contributed by atoms with Gasteiger partial charge >= 0.3 is 0 Å². The van der Waals surface area contributed by atoms with Crippen molar-refractivity contribution in [2.75, 3.05) is 0 Å². The minimum Gasteiger partial charge on any atom is -0.122 e. The smallest absolute Gasteiger partial charge is 0.0430 e. The van der Waals surface area contributed by atoms with Crippen molar-refractivity contribution in [3.8, 4) is 0 Å². The zero-order valence-corrected chi connectivity index (χ0v) is 12.3. The monoisotopic (exact) mass is 272 g/mol. The average Bonchev–Trinajstić information content (AvgIpc) is 2.46. The molecule has 0 heterocycles. The number of benzene rings is 2. The van der Waals surface area contributed by atoms with Gasteiger partial charge in [0.15, 0.2) is 0 Å². The van der Waals surface area contributed by atoms with Gasteiger partial charge in [-0.3, -0.25) is 0 Å². The number of hydrogen-bond acceptors (Lipinski definition) is 0. The summed E-state index contributed by atoms with van der Waals surface area (Å²) in [5.74, 6) is 0.834. The van der Waals surface area contributed by atoms with Gasteiger partial charge < -0.3 is 0 Å². The third-order valence-corrected chi connectivity index (χ3v) is 4.36. The van der Waals surface area contributed by atoms with Crippen molar-refractivity contribution in [3.63, 3.8) is 0 Å². The Bertz CT molecular complexity index is 476. The Balaban J connectivity index is 2.25. The predicted molar refractivity (Wildman–Crippen MR) is 83.8 cm³/mol. The van der Waals surface area contributed by atoms with E-state index in [0.29, 0.717) is 11.8 Å². The largest absolute Gasteiger partial charge is 0.122 e. The van der Waals surface area contributed by atoms with Crippen LogP contribution in [0.4, 0.5) is 0 Å². The van der Waals surface area contributed by atoms with Gasteiger partial charge in [-0.25, -0.2) is 0 Å². The molecule has 2 rings (SSSR count). The van der Waals surface area contributed by atoms with E-state index in [4.69, 9.17) is 11.6 Å². The van der Waals surface area contributed by atoms with E-state index in [9.17, 15) is 0 Å². The maximum absolute atomic E-state index is 6.67. The Hall–Kier alpha value is -1.27. The zero-order chi connectivity index (χ0) is 13.7. The highest BCUT2D eigenvalue weighted by Crippen LogP contribution is 2.32. The van der Waals surface area contributed by atoms with Crippen LogP contribution in [0.3, 0.4) is 0 Å². The van der Waals surface area contributed by atoms with E-state index in [-0.39, 0.29) is 5.38 Å². The van der Waals surface area contributed by atoms with Crippen LogP contribution in [0.1, 0.15) is 30.9 Å². The Kier molecular flexibility index (Phi) is 5.04. The summed E-state index contributed by atoms with van der Waals surface area (Å²) in [6.07, 6.45) is 0.997. The molecule has 0 nitrogen and oxygen atoms in total. The highest BCUT2D eigenvalue weighted by Gasteiger charge is 2.24. The first-order valence-electron chi connectivity index (χ1n) is 6.91. The molecular formula is C18H21Cl. The first kappa shape index (κ1) is 14.1. The summed E-state index contributed by atoms with van der Waals surface area (Å²) in [7, 11) is 0. The molecule has 2 atom stereocenters. The number of rotatable bonds is 5. The quantitative estimate of drug-likeness (QED) is 0.650. The van der Waals surface area contributed by atoms with Gasteiger partial charge in [0.1, 0.15) is 0 Å². The topological polar surface area (TPSA) is 0 Å². The molecule has 0 N–H and O–H groups in total. The van der Waals surface area contributed by atoms with Crippen LogP contribution in [-0.4, -0.2) is 5.38 Å². The minimum absolute atomic E-state index is 0.155. The fraction of sp³-hybridized carbons (Fsp3) is 0.333. The van der Waals surface area contributed by atoms with E-state index in [1.807, 2.05) is 0 Å². The van der Waals surface area contributed by atoms with Gasteiger partial charge in [0.25, 0.3) is 0 Å². The molecule has 0 spiro atoms. The normalized spacial score (nSPS) is 14.3. The van der Waals surface area contributed by atoms with Crippen LogP contribution < -0.4 is 0 Å². The molecule has 1 heteroatoms. The molecule has 100 valence electrons. The molecule has 0 saturated carbocycles. The molecule has 0 fully saturated rings. The molecule has 0 aliphatic rings. The first-order valence-corrected chi connectivity index (χ1v) is 7.35. The maximum atomic E-state index is 6.67. The fourth-order valence-electron chi connectivity index (χ4n) is 2.45. The molecule has 0 aromatic heterocycles. The summed E-state index contributed by atoms with van der Waals surface area (Å²) in [4.78, 5) is 0. The molecule has 2 unspecified atom stereocenters. The highest BCUT2D eigenvalue weighted by atomic mass is 35.5. The van der Waals surface area contributed by atoms with Crippen molar-refractivity contribution >= 4 is 11.6 Å². The summed E-state index contributed by atoms with van der Waals surface area (Å²) in [6, 6.07) is 21.2. The molecular weight excluding hydrogens is 252 g/mol. The van der Waals surface area contributed by atoms with Crippen LogP contribution in [0.2, 0.25) is 0 Å². The van der Waals surface area contributed by atoms with Crippen LogP contribution >= 0.6 is 11.6 Å². The van der Waals surface area contributed by atoms with Gasteiger partial charge in [-0.05, 0) is 23.5 Å². The Labute approximate surface area is 121 Å². The Morgan fingerprint density at radius 2 is 1.37 bits per heavy atom. The summed E-state index contributed by atoms with van der Waals surface area (Å²) in [6.45, 7) is 4.39. The van der Waals surface area contributed by atoms with Crippen molar-refractivity contribution < 1.29 is 0 Å². The van der Waals surface area contributed by atoms with Crippen molar-refractivity contribution in [2.45, 2.75) is 31.6 Å². The third-order valence-electron chi connectivity index (χ3n) is 3.55. The molecule has 2 aromatic carbocycles. The van der Waals surface area contributed by atoms with E-state index in [0.717, 1.165) is 6.42 Å². The van der Waals surface area contributed by atoms with Crippen LogP contribution in [0, 0.1) is 5.92 Å². The van der Waals surface area contributed by atoms with Gasteiger partial charge in [-0.15, -0.1) is 11.6 Å². The summed E-state index contributed by atoms with van der Waals surface area (Å²) in [5.41, 5.74) is 2.68. The van der Waals surface area contributed by atoms with E-state index in [2.05, 4.69) is 74.5 Å². The van der Waals surface area contributed by atoms with E-state index in [1.165, 1.54) is 11.1 Å². The average molecular weight is 273 g/mol. The number of alkyl halides is 1. The Morgan fingerprint density at radius 1 is 0.842 bits per heavy atom. The van der Waals surface area contributed by atoms with Crippen molar-refractivity contribution in [3.05, 3.63) is 71.8 Å². The van der Waals surface area contributed by atoms with Gasteiger partial charge in [0.2, 0.25) is 0 Å². The second-order valence-electron chi connectivity index (χ2n) is 5.40. The van der Waals surface area contributed by atoms with Gasteiger partial charge in [-0.1, -0.05) is 74.5 Å². The van der Waals surface area contributed by atoms with Gasteiger partial charge in [-0.2, -0.15) is 0 Å². The van der Waals surface area contributed by atoms with E-state index < -0.39 is 0 Å². The van der Waals surface area contributed by atoms with Crippen LogP contribution in [-0.2, 0) is 6.42 Å². The summed E-state index contributed by atoms with van der Waals surface area (Å²) in [5, 5.41) is 0.155. The molecule has 0 amide bonds. The first-order chi connectivity index (χ1) is 9.18. The maximum Gasteiger partial charge on any atom is 0.0430 e. The summed E-state index contributed by atoms with van der Waals surface area (Å²) >= 11 is 6.67. The standard InChI is InChI=1S/C18H21Cl/c1-14(2)18(19)17(16-11-7-4-8-12-16)13-15-9-5-3-6-10-15/h3-12,14,17-18H,13H2,1-2H3. The van der Waals surface area contributed by atoms with Gasteiger partial charge in [0, 0.05) is 11.3 Å². The lowest BCUT2D eigenvalue weighted by Crippen LogP contribution is -2.21. The third kappa shape index (κ3) is 3.84. The molecule has 0 bridgehead atoms. The van der Waals surface area contributed by atoms with E-state index >= 15 is 0 Å². The molecule has 0 radical (unpaired) electrons. The summed E-state index contributed by atoms with van der Waals surface area (Å²) < 4.78 is 0. The number of hydrogen-bond donors (Lipinski definition) is 0. The van der Waals surface area contributed by atoms with Crippen LogP contribution in [0.5, 0.6) is 0 Å². The van der Waals surface area contributed by atoms with Crippen molar-refractivity contribution in [1.82, 2.24) is 0 Å². The predicted octanol–water partition coefficient (Wildman–Crippen LogP) is 5.28. The minimum atomic E-state index is 0.155. The van der Waals surface area contributed by atoms with Crippen LogP contribution in [0.15, 0.2) is 60.7 Å². The lowest BCUT2D eigenvalue weighted by Gasteiger charge is -2.26. The highest BCUT2D eigenvalue weighted by molar-refractivity contribution is 6.21. The zero-order valence-electron chi connectivity index (χ0n) is 11.6. The van der Waals surface area contributed by atoms with Crippen molar-refractivity contribution in [2.24, 2.45) is 5.92 Å². The lowest BCUT2D eigenvalue weighted by molar-refractivity contribution is 0.506. The van der Waals surface area contributed by atoms with E-state index in [1.54, 1.807) is 0 Å². The molecule has 0 saturated heterocycles. The van der Waals surface area contributed by atoms with Crippen molar-refractivity contribution in [1.29, 1.82) is 0 Å². The second kappa shape index (κ2) is 6.77. The molecule has 0 aliphatic heterocycles. The molecule has 2 aromatic rings. The molecule has 0 aliphatic carbocycles. The number of halogens is 1.